The first kappa shape index (κ1) is 16.7. The van der Waals surface area contributed by atoms with E-state index in [0.29, 0.717) is 38.7 Å². The van der Waals surface area contributed by atoms with Crippen LogP contribution in [0.3, 0.4) is 0 Å². The minimum atomic E-state index is -0.450. The van der Waals surface area contributed by atoms with Crippen molar-refractivity contribution in [1.29, 1.82) is 0 Å². The monoisotopic (exact) mass is 349 g/mol. The number of carbonyl (C=O) groups excluding carboxylic acids is 1. The summed E-state index contributed by atoms with van der Waals surface area (Å²) in [5.41, 5.74) is -0.450. The summed E-state index contributed by atoms with van der Waals surface area (Å²) in [6.45, 7) is 3.61. The van der Waals surface area contributed by atoms with Crippen LogP contribution in [-0.4, -0.2) is 66.9 Å². The van der Waals surface area contributed by atoms with Gasteiger partial charge in [-0.15, -0.1) is 0 Å². The van der Waals surface area contributed by atoms with Crippen molar-refractivity contribution in [3.63, 3.8) is 0 Å². The molecule has 1 unspecified atom stereocenters. The number of halogens is 1. The second-order valence-electron chi connectivity index (χ2n) is 7.13. The quantitative estimate of drug-likeness (QED) is 0.812. The fourth-order valence-electron chi connectivity index (χ4n) is 4.14. The van der Waals surface area contributed by atoms with Crippen molar-refractivity contribution in [3.8, 4) is 0 Å². The van der Waals surface area contributed by atoms with Gasteiger partial charge in [-0.3, -0.25) is 4.79 Å². The summed E-state index contributed by atoms with van der Waals surface area (Å²) in [7, 11) is 0. The van der Waals surface area contributed by atoms with Crippen LogP contribution in [0.5, 0.6) is 0 Å². The topological polar surface area (TPSA) is 54.9 Å². The Hall–Kier alpha value is -1.73. The Bertz CT molecular complexity index is 634. The molecule has 0 aliphatic carbocycles. The Kier molecular flexibility index (Phi) is 4.60. The molecule has 6 nitrogen and oxygen atoms in total. The van der Waals surface area contributed by atoms with E-state index in [9.17, 15) is 9.18 Å². The summed E-state index contributed by atoms with van der Waals surface area (Å²) in [5.74, 6) is 0.122. The van der Waals surface area contributed by atoms with Gasteiger partial charge in [0, 0.05) is 25.9 Å². The fourth-order valence-corrected chi connectivity index (χ4v) is 4.14. The number of ether oxygens (including phenoxy) is 2. The molecule has 1 amide bonds. The lowest BCUT2D eigenvalue weighted by Crippen LogP contribution is -2.62. The average molecular weight is 349 g/mol. The molecule has 3 saturated heterocycles. The van der Waals surface area contributed by atoms with Gasteiger partial charge in [0.25, 0.3) is 5.91 Å². The van der Waals surface area contributed by atoms with Crippen molar-refractivity contribution in [1.82, 2.24) is 9.88 Å². The van der Waals surface area contributed by atoms with Crippen LogP contribution in [0.4, 0.5) is 10.2 Å². The van der Waals surface area contributed by atoms with Crippen LogP contribution in [0, 0.1) is 5.82 Å². The Morgan fingerprint density at radius 3 is 3.00 bits per heavy atom. The average Bonchev–Trinajstić information content (AvgIpc) is 3.16. The highest BCUT2D eigenvalue weighted by atomic mass is 19.1. The Balaban J connectivity index is 1.48. The van der Waals surface area contributed by atoms with Gasteiger partial charge in [-0.1, -0.05) is 0 Å². The number of nitrogens with zero attached hydrogens (tertiary/aromatic N) is 3. The predicted octanol–water partition coefficient (Wildman–Crippen LogP) is 1.60. The van der Waals surface area contributed by atoms with Gasteiger partial charge >= 0.3 is 0 Å². The van der Waals surface area contributed by atoms with Gasteiger partial charge in [0.05, 0.1) is 19.7 Å². The third kappa shape index (κ3) is 3.35. The van der Waals surface area contributed by atoms with E-state index >= 15 is 0 Å². The molecule has 1 spiro atoms. The summed E-state index contributed by atoms with van der Waals surface area (Å²) in [6.07, 6.45) is 4.80. The zero-order valence-electron chi connectivity index (χ0n) is 14.3. The van der Waals surface area contributed by atoms with E-state index in [2.05, 4.69) is 4.98 Å². The van der Waals surface area contributed by atoms with Crippen LogP contribution in [-0.2, 0) is 14.3 Å². The minimum Gasteiger partial charge on any atom is -0.369 e. The maximum absolute atomic E-state index is 14.1. The number of hydrogen-bond acceptors (Lipinski definition) is 5. The van der Waals surface area contributed by atoms with Crippen LogP contribution < -0.4 is 4.90 Å². The second kappa shape index (κ2) is 6.88. The van der Waals surface area contributed by atoms with Crippen LogP contribution in [0.15, 0.2) is 18.3 Å². The standard InChI is InChI=1S/C18H24FN3O3/c19-14-4-1-7-20-16(14)21-8-3-6-18(12-21)13-22(9-11-25-18)17(23)15-5-2-10-24-15/h1,4,7,15H,2-3,5-6,8-13H2/t15-,18?/m0/s1. The zero-order chi connectivity index (χ0) is 17.3. The molecule has 4 rings (SSSR count). The number of rotatable bonds is 2. The van der Waals surface area contributed by atoms with Crippen molar-refractivity contribution in [3.05, 3.63) is 24.1 Å². The van der Waals surface area contributed by atoms with Crippen LogP contribution in [0.1, 0.15) is 25.7 Å². The fraction of sp³-hybridized carbons (Fsp3) is 0.667. The van der Waals surface area contributed by atoms with E-state index in [1.165, 1.54) is 6.07 Å². The summed E-state index contributed by atoms with van der Waals surface area (Å²) in [5, 5.41) is 0. The SMILES string of the molecule is O=C([C@@H]1CCCO1)N1CCOC2(CCCN(c3ncccc3F)C2)C1. The molecule has 7 heteroatoms. The molecule has 25 heavy (non-hydrogen) atoms. The van der Waals surface area contributed by atoms with Crippen LogP contribution >= 0.6 is 0 Å². The first-order valence-electron chi connectivity index (χ1n) is 9.07. The van der Waals surface area contributed by atoms with Crippen molar-refractivity contribution < 1.29 is 18.7 Å². The van der Waals surface area contributed by atoms with E-state index in [4.69, 9.17) is 9.47 Å². The molecule has 0 N–H and O–H groups in total. The summed E-state index contributed by atoms with van der Waals surface area (Å²) < 4.78 is 25.8. The van der Waals surface area contributed by atoms with Gasteiger partial charge in [-0.25, -0.2) is 9.37 Å². The molecule has 4 heterocycles. The smallest absolute Gasteiger partial charge is 0.251 e. The zero-order valence-corrected chi connectivity index (χ0v) is 14.3. The molecule has 136 valence electrons. The maximum Gasteiger partial charge on any atom is 0.251 e. The highest BCUT2D eigenvalue weighted by Crippen LogP contribution is 2.32. The number of hydrogen-bond donors (Lipinski definition) is 0. The molecular formula is C18H24FN3O3. The molecule has 3 aliphatic heterocycles. The molecule has 1 aromatic rings. The van der Waals surface area contributed by atoms with Gasteiger partial charge in [0.2, 0.25) is 0 Å². The number of carbonyl (C=O) groups is 1. The van der Waals surface area contributed by atoms with Gasteiger partial charge in [0.15, 0.2) is 11.6 Å². The van der Waals surface area contributed by atoms with Crippen LogP contribution in [0.2, 0.25) is 0 Å². The minimum absolute atomic E-state index is 0.0707. The summed E-state index contributed by atoms with van der Waals surface area (Å²) in [6, 6.07) is 3.02. The van der Waals surface area contributed by atoms with Crippen molar-refractivity contribution in [2.24, 2.45) is 0 Å². The molecule has 0 bridgehead atoms. The molecule has 3 aliphatic rings. The molecule has 2 atom stereocenters. The third-order valence-electron chi connectivity index (χ3n) is 5.34. The first-order valence-corrected chi connectivity index (χ1v) is 9.07. The number of morpholine rings is 1. The molecule has 1 aromatic heterocycles. The van der Waals surface area contributed by atoms with Crippen LogP contribution in [0.25, 0.3) is 0 Å². The van der Waals surface area contributed by atoms with Crippen molar-refractivity contribution >= 4 is 11.7 Å². The normalized spacial score (nSPS) is 30.0. The summed E-state index contributed by atoms with van der Waals surface area (Å²) >= 11 is 0. The van der Waals surface area contributed by atoms with E-state index in [0.717, 1.165) is 32.2 Å². The van der Waals surface area contributed by atoms with Gasteiger partial charge in [-0.2, -0.15) is 0 Å². The van der Waals surface area contributed by atoms with Gasteiger partial charge < -0.3 is 19.3 Å². The van der Waals surface area contributed by atoms with Gasteiger partial charge in [0.1, 0.15) is 11.7 Å². The number of amides is 1. The maximum atomic E-state index is 14.1. The molecule has 0 radical (unpaired) electrons. The largest absolute Gasteiger partial charge is 0.369 e. The third-order valence-corrected chi connectivity index (χ3v) is 5.34. The molecule has 0 saturated carbocycles. The number of aromatic nitrogens is 1. The van der Waals surface area contributed by atoms with E-state index in [1.54, 1.807) is 12.3 Å². The number of piperidine rings is 1. The highest BCUT2D eigenvalue weighted by molar-refractivity contribution is 5.81. The van der Waals surface area contributed by atoms with E-state index in [1.807, 2.05) is 9.80 Å². The Morgan fingerprint density at radius 1 is 1.28 bits per heavy atom. The summed E-state index contributed by atoms with van der Waals surface area (Å²) in [4.78, 5) is 20.7. The van der Waals surface area contributed by atoms with Gasteiger partial charge in [-0.05, 0) is 37.8 Å². The lowest BCUT2D eigenvalue weighted by molar-refractivity contribution is -0.160. The van der Waals surface area contributed by atoms with E-state index < -0.39 is 5.60 Å². The Labute approximate surface area is 146 Å². The first-order chi connectivity index (χ1) is 12.2. The second-order valence-corrected chi connectivity index (χ2v) is 7.13. The lowest BCUT2D eigenvalue weighted by Gasteiger charge is -2.48. The number of anilines is 1. The van der Waals surface area contributed by atoms with Crippen molar-refractivity contribution in [2.75, 3.05) is 44.3 Å². The lowest BCUT2D eigenvalue weighted by atomic mass is 9.90. The highest BCUT2D eigenvalue weighted by Gasteiger charge is 2.43. The predicted molar refractivity (Wildman–Crippen MR) is 89.9 cm³/mol. The molecular weight excluding hydrogens is 325 g/mol. The number of pyridine rings is 1. The van der Waals surface area contributed by atoms with E-state index in [-0.39, 0.29) is 17.8 Å². The van der Waals surface area contributed by atoms with Crippen molar-refractivity contribution in [2.45, 2.75) is 37.4 Å². The Morgan fingerprint density at radius 2 is 2.20 bits per heavy atom. The molecule has 3 fully saturated rings. The molecule has 0 aromatic carbocycles.